The molecule has 0 fully saturated rings. The highest BCUT2D eigenvalue weighted by molar-refractivity contribution is 6.80. The number of nitrogens with zero attached hydrogens (tertiary/aromatic N) is 1. The van der Waals surface area contributed by atoms with E-state index in [-0.39, 0.29) is 0 Å². The summed E-state index contributed by atoms with van der Waals surface area (Å²) in [6.07, 6.45) is 1.34. The van der Waals surface area contributed by atoms with Gasteiger partial charge in [0.05, 0.1) is 0 Å². The van der Waals surface area contributed by atoms with Crippen molar-refractivity contribution >= 4 is 77.8 Å². The van der Waals surface area contributed by atoms with Crippen LogP contribution in [0.1, 0.15) is 12.8 Å². The summed E-state index contributed by atoms with van der Waals surface area (Å²) in [5.74, 6) is -0.477. The van der Waals surface area contributed by atoms with E-state index < -0.39 is 84.4 Å². The molecular formula is C20H56FNO7Si8. The molecule has 0 aromatic carbocycles. The highest BCUT2D eigenvalue weighted by Crippen LogP contribution is 2.24. The fourth-order valence-corrected chi connectivity index (χ4v) is 29.7. The minimum atomic E-state index is -2.80. The maximum absolute atomic E-state index is 13.5. The quantitative estimate of drug-likeness (QED) is 0.174. The number of rotatable bonds is 21. The van der Waals surface area contributed by atoms with Gasteiger partial charge in [-0.2, -0.15) is 0 Å². The van der Waals surface area contributed by atoms with Crippen LogP contribution in [-0.4, -0.2) is 102 Å². The van der Waals surface area contributed by atoms with Crippen LogP contribution < -0.4 is 0 Å². The summed E-state index contributed by atoms with van der Waals surface area (Å²) >= 11 is 0. The lowest BCUT2D eigenvalue weighted by Crippen LogP contribution is -2.54. The molecule has 0 radical (unpaired) electrons. The van der Waals surface area contributed by atoms with Gasteiger partial charge in [-0.1, -0.05) is 0 Å². The topological polar surface area (TPSA) is 75.7 Å². The van der Waals surface area contributed by atoms with Crippen LogP contribution in [0.15, 0.2) is 0 Å². The zero-order valence-electron chi connectivity index (χ0n) is 25.6. The van der Waals surface area contributed by atoms with Crippen LogP contribution >= 0.6 is 0 Å². The van der Waals surface area contributed by atoms with Crippen LogP contribution in [0.4, 0.5) is 4.39 Å². The molecule has 0 aromatic rings. The van der Waals surface area contributed by atoms with Gasteiger partial charge in [-0.05, 0) is 91.4 Å². The minimum absolute atomic E-state index is 0.459. The van der Waals surface area contributed by atoms with E-state index in [4.69, 9.17) is 24.7 Å². The second-order valence-electron chi connectivity index (χ2n) is 11.1. The molecule has 0 heterocycles. The molecule has 222 valence electrons. The average Bonchev–Trinajstić information content (AvgIpc) is 2.68. The number of hydrogen-bond donors (Lipinski definition) is 0. The Morgan fingerprint density at radius 3 is 1.00 bits per heavy atom. The van der Waals surface area contributed by atoms with Crippen LogP contribution in [0.5, 0.6) is 0 Å². The van der Waals surface area contributed by atoms with E-state index in [0.29, 0.717) is 38.0 Å². The van der Waals surface area contributed by atoms with Gasteiger partial charge in [0.15, 0.2) is 60.9 Å². The molecule has 0 saturated heterocycles. The van der Waals surface area contributed by atoms with Gasteiger partial charge in [-0.25, -0.2) is 4.39 Å². The predicted octanol–water partition coefficient (Wildman–Crippen LogP) is 3.44. The number of alkyl halides is 1. The van der Waals surface area contributed by atoms with Crippen molar-refractivity contribution in [3.8, 4) is 0 Å². The first-order chi connectivity index (χ1) is 17.0. The number of carbonyl (C=O) groups is 1. The fourth-order valence-electron chi connectivity index (χ4n) is 4.09. The standard InChI is InChI=1S/C20H56FNO7Si8/c1-30(2)24-36(25-31(3)4,26-32(5)6)17-13-15-22(20(23)19-21)16-14-18-37(27-33(7)8,28-34(9)10)29-35(11)12/h30-35H,13-19H2,1-12H3. The second-order valence-corrected chi connectivity index (χ2v) is 33.1. The molecular weight excluding hydrogens is 610 g/mol. The number of carbonyl (C=O) groups excluding carboxylic acids is 1. The van der Waals surface area contributed by atoms with Crippen LogP contribution in [-0.2, 0) is 29.5 Å². The van der Waals surface area contributed by atoms with E-state index in [2.05, 4.69) is 78.6 Å². The first kappa shape index (κ1) is 37.9. The molecule has 0 N–H and O–H groups in total. The highest BCUT2D eigenvalue weighted by Gasteiger charge is 2.44. The molecule has 8 nitrogen and oxygen atoms in total. The number of amides is 1. The average molecular weight is 666 g/mol. The van der Waals surface area contributed by atoms with Crippen molar-refractivity contribution in [3.63, 3.8) is 0 Å². The van der Waals surface area contributed by atoms with Gasteiger partial charge in [0, 0.05) is 25.2 Å². The Morgan fingerprint density at radius 2 is 0.811 bits per heavy atom. The SMILES string of the molecule is C[SiH](C)O[Si](CCCN(CCC[Si](O[SiH](C)C)(O[SiH](C)C)O[SiH](C)C)C(=O)CF)(O[SiH](C)C)O[SiH](C)C. The van der Waals surface area contributed by atoms with Gasteiger partial charge in [-0.15, -0.1) is 0 Å². The Morgan fingerprint density at radius 1 is 0.568 bits per heavy atom. The van der Waals surface area contributed by atoms with E-state index in [0.717, 1.165) is 0 Å². The van der Waals surface area contributed by atoms with Gasteiger partial charge < -0.3 is 29.6 Å². The van der Waals surface area contributed by atoms with Crippen molar-refractivity contribution in [2.75, 3.05) is 19.8 Å². The summed E-state index contributed by atoms with van der Waals surface area (Å²) in [5.41, 5.74) is 0. The summed E-state index contributed by atoms with van der Waals surface area (Å²) in [6.45, 7) is 25.6. The Balaban J connectivity index is 5.50. The van der Waals surface area contributed by atoms with Crippen molar-refractivity contribution < 1.29 is 33.9 Å². The molecule has 37 heavy (non-hydrogen) atoms. The van der Waals surface area contributed by atoms with E-state index in [1.165, 1.54) is 0 Å². The smallest absolute Gasteiger partial charge is 0.420 e. The first-order valence-corrected chi connectivity index (χ1v) is 34.5. The molecule has 0 aliphatic carbocycles. The Bertz CT molecular complexity index is 538. The normalized spacial score (nSPS) is 13.3. The zero-order valence-corrected chi connectivity index (χ0v) is 34.5. The minimum Gasteiger partial charge on any atom is -0.420 e. The van der Waals surface area contributed by atoms with Gasteiger partial charge in [-0.3, -0.25) is 4.79 Å². The highest BCUT2D eigenvalue weighted by atomic mass is 28.5. The molecule has 1 amide bonds. The molecule has 0 unspecified atom stereocenters. The van der Waals surface area contributed by atoms with Crippen molar-refractivity contribution in [1.82, 2.24) is 4.90 Å². The summed E-state index contributed by atoms with van der Waals surface area (Å²) < 4.78 is 52.2. The molecule has 0 aromatic heterocycles. The van der Waals surface area contributed by atoms with Crippen molar-refractivity contribution in [1.29, 1.82) is 0 Å². The molecule has 0 aliphatic rings. The van der Waals surface area contributed by atoms with Gasteiger partial charge in [0.25, 0.3) is 5.91 Å². The van der Waals surface area contributed by atoms with E-state index in [1.807, 2.05) is 0 Å². The van der Waals surface area contributed by atoms with E-state index >= 15 is 0 Å². The lowest BCUT2D eigenvalue weighted by Gasteiger charge is -2.36. The van der Waals surface area contributed by atoms with Gasteiger partial charge >= 0.3 is 17.6 Å². The molecule has 0 bridgehead atoms. The van der Waals surface area contributed by atoms with Gasteiger partial charge in [0.1, 0.15) is 0 Å². The zero-order chi connectivity index (χ0) is 28.8. The van der Waals surface area contributed by atoms with E-state index in [9.17, 15) is 9.18 Å². The number of hydrogen-bond acceptors (Lipinski definition) is 7. The van der Waals surface area contributed by atoms with E-state index in [1.54, 1.807) is 4.90 Å². The largest absolute Gasteiger partial charge is 0.469 e. The lowest BCUT2D eigenvalue weighted by atomic mass is 10.3. The molecule has 0 aliphatic heterocycles. The fraction of sp³-hybridized carbons (Fsp3) is 0.950. The maximum atomic E-state index is 13.5. The summed E-state index contributed by atoms with van der Waals surface area (Å²) in [7, 11) is -14.0. The molecule has 17 heteroatoms. The van der Waals surface area contributed by atoms with Crippen molar-refractivity contribution in [2.24, 2.45) is 0 Å². The summed E-state index contributed by atoms with van der Waals surface area (Å²) in [4.78, 5) is 14.2. The van der Waals surface area contributed by atoms with Crippen molar-refractivity contribution in [2.45, 2.75) is 103 Å². The third kappa shape index (κ3) is 17.3. The second kappa shape index (κ2) is 19.1. The Kier molecular flexibility index (Phi) is 19.6. The van der Waals surface area contributed by atoms with Crippen LogP contribution in [0.3, 0.4) is 0 Å². The summed E-state index contributed by atoms with van der Waals surface area (Å²) in [5, 5.41) is 0. The number of halogens is 1. The predicted molar refractivity (Wildman–Crippen MR) is 173 cm³/mol. The third-order valence-corrected chi connectivity index (χ3v) is 26.6. The van der Waals surface area contributed by atoms with Crippen LogP contribution in [0.2, 0.25) is 90.7 Å². The third-order valence-electron chi connectivity index (χ3n) is 4.78. The Labute approximate surface area is 239 Å². The molecule has 0 spiro atoms. The van der Waals surface area contributed by atoms with Crippen molar-refractivity contribution in [3.05, 3.63) is 0 Å². The maximum Gasteiger partial charge on any atom is 0.469 e. The molecule has 0 atom stereocenters. The summed E-state index contributed by atoms with van der Waals surface area (Å²) in [6, 6.07) is 1.32. The first-order valence-electron chi connectivity index (χ1n) is 14.0. The lowest BCUT2D eigenvalue weighted by molar-refractivity contribution is -0.132. The van der Waals surface area contributed by atoms with Crippen LogP contribution in [0.25, 0.3) is 0 Å². The Hall–Kier alpha value is 0.895. The molecule has 0 rings (SSSR count). The molecule has 0 saturated carbocycles. The van der Waals surface area contributed by atoms with Crippen LogP contribution in [0, 0.1) is 0 Å². The monoisotopic (exact) mass is 665 g/mol. The van der Waals surface area contributed by atoms with Gasteiger partial charge in [0.2, 0.25) is 0 Å².